The summed E-state index contributed by atoms with van der Waals surface area (Å²) < 4.78 is 5.69. The maximum atomic E-state index is 12.6. The molecule has 1 saturated carbocycles. The van der Waals surface area contributed by atoms with Gasteiger partial charge in [-0.15, -0.1) is 0 Å². The van der Waals surface area contributed by atoms with Gasteiger partial charge in [-0.1, -0.05) is 88.4 Å². The van der Waals surface area contributed by atoms with Crippen LogP contribution >= 0.6 is 7.92 Å². The lowest BCUT2D eigenvalue weighted by molar-refractivity contribution is -0.140. The molecule has 0 spiro atoms. The molecule has 3 heteroatoms. The van der Waals surface area contributed by atoms with Crippen LogP contribution in [0.1, 0.15) is 27.7 Å². The van der Waals surface area contributed by atoms with E-state index >= 15 is 0 Å². The molecular formula is C25H28O2P. The quantitative estimate of drug-likeness (QED) is 0.519. The first kappa shape index (κ1) is 21.1. The molecule has 2 nitrogen and oxygen atoms in total. The summed E-state index contributed by atoms with van der Waals surface area (Å²) in [5, 5.41) is 2.61. The van der Waals surface area contributed by atoms with Crippen LogP contribution in [0.15, 0.2) is 60.7 Å². The Morgan fingerprint density at radius 2 is 1.43 bits per heavy atom. The Hall–Kier alpha value is -1.66. The zero-order valence-electron chi connectivity index (χ0n) is 17.1. The molecule has 0 aromatic heterocycles. The van der Waals surface area contributed by atoms with Gasteiger partial charge in [0.25, 0.3) is 0 Å². The Bertz CT molecular complexity index is 712. The van der Waals surface area contributed by atoms with Gasteiger partial charge in [0, 0.05) is 6.16 Å². The summed E-state index contributed by atoms with van der Waals surface area (Å²) in [6, 6.07) is 21.0. The highest BCUT2D eigenvalue weighted by Gasteiger charge is 2.43. The number of esters is 1. The minimum absolute atomic E-state index is 0.0260. The molecule has 0 bridgehead atoms. The molecule has 0 heterocycles. The summed E-state index contributed by atoms with van der Waals surface area (Å²) in [4.78, 5) is 12.6. The largest absolute Gasteiger partial charge is 0.465 e. The predicted octanol–water partition coefficient (Wildman–Crippen LogP) is 4.87. The van der Waals surface area contributed by atoms with Crippen LogP contribution in [-0.2, 0) is 9.53 Å². The molecule has 0 unspecified atom stereocenters. The summed E-state index contributed by atoms with van der Waals surface area (Å²) in [6.07, 6.45) is 4.90. The molecule has 145 valence electrons. The molecular weight excluding hydrogens is 363 g/mol. The summed E-state index contributed by atoms with van der Waals surface area (Å²) >= 11 is 0. The van der Waals surface area contributed by atoms with E-state index < -0.39 is 7.92 Å². The zero-order chi connectivity index (χ0) is 20.1. The number of hydrogen-bond donors (Lipinski definition) is 0. The number of benzene rings is 2. The number of rotatable bonds is 6. The van der Waals surface area contributed by atoms with Crippen molar-refractivity contribution in [1.29, 1.82) is 0 Å². The SMILES string of the molecule is C[C]1[CH][C](C(C)(C)C)[CH][C]1C(=O)OCCP(c1ccccc1)c1ccccc1. The van der Waals surface area contributed by atoms with Crippen LogP contribution in [0, 0.1) is 36.0 Å². The zero-order valence-corrected chi connectivity index (χ0v) is 18.0. The van der Waals surface area contributed by atoms with E-state index in [0.29, 0.717) is 12.5 Å². The van der Waals surface area contributed by atoms with Gasteiger partial charge >= 0.3 is 5.97 Å². The van der Waals surface area contributed by atoms with Gasteiger partial charge in [0.05, 0.1) is 12.5 Å². The van der Waals surface area contributed by atoms with E-state index in [4.69, 9.17) is 4.74 Å². The summed E-state index contributed by atoms with van der Waals surface area (Å²) in [6.45, 7) is 8.87. The first-order chi connectivity index (χ1) is 13.4. The average Bonchev–Trinajstić information content (AvgIpc) is 3.09. The molecule has 0 saturated heterocycles. The molecule has 1 fully saturated rings. The molecule has 0 amide bonds. The number of carbonyl (C=O) groups is 1. The van der Waals surface area contributed by atoms with Gasteiger partial charge in [-0.05, 0) is 48.6 Å². The molecule has 0 aliphatic heterocycles. The van der Waals surface area contributed by atoms with E-state index in [0.717, 1.165) is 12.1 Å². The fourth-order valence-corrected chi connectivity index (χ4v) is 5.36. The van der Waals surface area contributed by atoms with Crippen LogP contribution < -0.4 is 10.6 Å². The monoisotopic (exact) mass is 391 g/mol. The Kier molecular flexibility index (Phi) is 6.94. The lowest BCUT2D eigenvalue weighted by Crippen LogP contribution is -2.22. The third-order valence-corrected chi connectivity index (χ3v) is 7.34. The molecule has 0 N–H and O–H groups in total. The maximum absolute atomic E-state index is 12.6. The molecule has 1 aliphatic rings. The fraction of sp³-hybridized carbons (Fsp3) is 0.280. The van der Waals surface area contributed by atoms with Crippen LogP contribution in [0.4, 0.5) is 0 Å². The Morgan fingerprint density at radius 3 is 1.89 bits per heavy atom. The number of carbonyl (C=O) groups excluding carboxylic acids is 1. The van der Waals surface area contributed by atoms with Gasteiger partial charge in [-0.2, -0.15) is 0 Å². The van der Waals surface area contributed by atoms with Gasteiger partial charge in [-0.25, -0.2) is 0 Å². The second-order valence-corrected chi connectivity index (χ2v) is 10.4. The Morgan fingerprint density at radius 1 is 0.893 bits per heavy atom. The lowest BCUT2D eigenvalue weighted by Gasteiger charge is -2.25. The van der Waals surface area contributed by atoms with E-state index in [1.165, 1.54) is 16.5 Å². The Balaban J connectivity index is 1.61. The summed E-state index contributed by atoms with van der Waals surface area (Å²) in [5.41, 5.74) is 0.0260. The van der Waals surface area contributed by atoms with Crippen molar-refractivity contribution in [3.63, 3.8) is 0 Å². The van der Waals surface area contributed by atoms with Crippen LogP contribution in [0.2, 0.25) is 0 Å². The smallest absolute Gasteiger partial charge is 0.314 e. The highest BCUT2D eigenvalue weighted by Crippen LogP contribution is 2.48. The van der Waals surface area contributed by atoms with Gasteiger partial charge < -0.3 is 4.74 Å². The van der Waals surface area contributed by atoms with E-state index in [9.17, 15) is 4.79 Å². The van der Waals surface area contributed by atoms with E-state index in [1.807, 2.05) is 25.5 Å². The molecule has 5 radical (unpaired) electrons. The van der Waals surface area contributed by atoms with Gasteiger partial charge in [0.1, 0.15) is 0 Å². The predicted molar refractivity (Wildman–Crippen MR) is 118 cm³/mol. The van der Waals surface area contributed by atoms with Gasteiger partial charge in [0.15, 0.2) is 0 Å². The molecule has 1 aliphatic carbocycles. The minimum Gasteiger partial charge on any atom is -0.465 e. The van der Waals surface area contributed by atoms with Crippen molar-refractivity contribution in [1.82, 2.24) is 0 Å². The third kappa shape index (κ3) is 5.23. The Labute approximate surface area is 171 Å². The van der Waals surface area contributed by atoms with Crippen molar-refractivity contribution in [3.05, 3.63) is 91.3 Å². The molecule has 2 aromatic carbocycles. The van der Waals surface area contributed by atoms with Crippen molar-refractivity contribution in [3.8, 4) is 0 Å². The van der Waals surface area contributed by atoms with Crippen molar-refractivity contribution in [2.24, 2.45) is 5.41 Å². The van der Waals surface area contributed by atoms with Crippen molar-refractivity contribution in [2.75, 3.05) is 12.8 Å². The number of ether oxygens (including phenoxy) is 1. The highest BCUT2D eigenvalue weighted by atomic mass is 31.1. The average molecular weight is 391 g/mol. The molecule has 0 atom stereocenters. The lowest BCUT2D eigenvalue weighted by atomic mass is 9.79. The highest BCUT2D eigenvalue weighted by molar-refractivity contribution is 7.73. The minimum atomic E-state index is -0.549. The van der Waals surface area contributed by atoms with Crippen LogP contribution in [0.5, 0.6) is 0 Å². The van der Waals surface area contributed by atoms with E-state index in [2.05, 4.69) is 75.7 Å². The van der Waals surface area contributed by atoms with Crippen molar-refractivity contribution < 1.29 is 9.53 Å². The van der Waals surface area contributed by atoms with Crippen LogP contribution in [0.25, 0.3) is 0 Å². The third-order valence-electron chi connectivity index (χ3n) is 4.87. The van der Waals surface area contributed by atoms with E-state index in [-0.39, 0.29) is 11.4 Å². The molecule has 28 heavy (non-hydrogen) atoms. The van der Waals surface area contributed by atoms with Crippen molar-refractivity contribution in [2.45, 2.75) is 27.7 Å². The molecule has 2 aromatic rings. The summed E-state index contributed by atoms with van der Waals surface area (Å²) in [7, 11) is -0.549. The standard InChI is InChI=1S/C25H28O2P/c1-19-17-20(25(2,3)4)18-23(19)24(26)27-15-16-28(21-11-7-5-8-12-21)22-13-9-6-10-14-22/h5-14,17-18H,15-16H2,1-4H3. The second-order valence-electron chi connectivity index (χ2n) is 8.05. The number of hydrogen-bond acceptors (Lipinski definition) is 2. The second kappa shape index (κ2) is 9.23. The van der Waals surface area contributed by atoms with Crippen LogP contribution in [0.3, 0.4) is 0 Å². The first-order valence-corrected chi connectivity index (χ1v) is 11.2. The normalized spacial score (nSPS) is 16.6. The van der Waals surface area contributed by atoms with Gasteiger partial charge in [0.2, 0.25) is 0 Å². The first-order valence-electron chi connectivity index (χ1n) is 9.69. The van der Waals surface area contributed by atoms with E-state index in [1.54, 1.807) is 0 Å². The van der Waals surface area contributed by atoms with Crippen LogP contribution in [-0.4, -0.2) is 18.7 Å². The maximum Gasteiger partial charge on any atom is 0.314 e. The summed E-state index contributed by atoms with van der Waals surface area (Å²) in [5.74, 6) is 2.63. The fourth-order valence-electron chi connectivity index (χ4n) is 3.21. The topological polar surface area (TPSA) is 26.3 Å². The van der Waals surface area contributed by atoms with Crippen molar-refractivity contribution >= 4 is 24.5 Å². The van der Waals surface area contributed by atoms with Gasteiger partial charge in [-0.3, -0.25) is 4.79 Å². The molecule has 3 rings (SSSR count).